The van der Waals surface area contributed by atoms with Crippen LogP contribution < -0.4 is 0 Å². The van der Waals surface area contributed by atoms with Gasteiger partial charge in [0.05, 0.1) is 11.6 Å². The SMILES string of the molecule is C[Si](C)(C)OC(C#N)c1ccc(Br)c2cccnc12. The first-order valence-corrected chi connectivity index (χ1v) is 10.2. The van der Waals surface area contributed by atoms with Gasteiger partial charge in [0.2, 0.25) is 0 Å². The van der Waals surface area contributed by atoms with Gasteiger partial charge in [-0.3, -0.25) is 4.98 Å². The van der Waals surface area contributed by atoms with Crippen molar-refractivity contribution >= 4 is 35.2 Å². The summed E-state index contributed by atoms with van der Waals surface area (Å²) < 4.78 is 6.92. The number of pyridine rings is 1. The summed E-state index contributed by atoms with van der Waals surface area (Å²) >= 11 is 3.51. The summed E-state index contributed by atoms with van der Waals surface area (Å²) in [6, 6.07) is 9.97. The Labute approximate surface area is 122 Å². The maximum atomic E-state index is 9.38. The largest absolute Gasteiger partial charge is 0.399 e. The third-order valence-corrected chi connectivity index (χ3v) is 4.25. The summed E-state index contributed by atoms with van der Waals surface area (Å²) in [5.41, 5.74) is 1.66. The normalized spacial score (nSPS) is 13.2. The number of nitriles is 1. The van der Waals surface area contributed by atoms with Crippen molar-refractivity contribution in [1.82, 2.24) is 4.98 Å². The summed E-state index contributed by atoms with van der Waals surface area (Å²) in [6.45, 7) is 6.23. The van der Waals surface area contributed by atoms with E-state index in [9.17, 15) is 5.26 Å². The number of rotatable bonds is 3. The Hall–Kier alpha value is -1.22. The Kier molecular flexibility index (Phi) is 4.04. The zero-order valence-corrected chi connectivity index (χ0v) is 13.7. The first kappa shape index (κ1) is 14.2. The average Bonchev–Trinajstić information content (AvgIpc) is 2.36. The van der Waals surface area contributed by atoms with E-state index in [-0.39, 0.29) is 0 Å². The van der Waals surface area contributed by atoms with Crippen LogP contribution in [0.3, 0.4) is 0 Å². The summed E-state index contributed by atoms with van der Waals surface area (Å²) in [5.74, 6) is 0. The number of benzene rings is 1. The summed E-state index contributed by atoms with van der Waals surface area (Å²) in [7, 11) is -1.79. The molecular weight excluding hydrogens is 320 g/mol. The monoisotopic (exact) mass is 334 g/mol. The second kappa shape index (κ2) is 5.41. The Morgan fingerprint density at radius 2 is 2.05 bits per heavy atom. The molecule has 0 radical (unpaired) electrons. The van der Waals surface area contributed by atoms with Crippen LogP contribution >= 0.6 is 15.9 Å². The zero-order valence-electron chi connectivity index (χ0n) is 11.1. The Morgan fingerprint density at radius 1 is 1.32 bits per heavy atom. The first-order chi connectivity index (χ1) is 8.92. The van der Waals surface area contributed by atoms with Crippen LogP contribution in [0, 0.1) is 11.3 Å². The van der Waals surface area contributed by atoms with Crippen LogP contribution in [-0.2, 0) is 4.43 Å². The highest BCUT2D eigenvalue weighted by Gasteiger charge is 2.24. The van der Waals surface area contributed by atoms with Crippen molar-refractivity contribution < 1.29 is 4.43 Å². The van der Waals surface area contributed by atoms with E-state index in [4.69, 9.17) is 4.43 Å². The fourth-order valence-electron chi connectivity index (χ4n) is 1.88. The van der Waals surface area contributed by atoms with Gasteiger partial charge in [0.25, 0.3) is 0 Å². The Bertz CT molecular complexity index is 646. The summed E-state index contributed by atoms with van der Waals surface area (Å²) in [5, 5.41) is 10.4. The highest BCUT2D eigenvalue weighted by Crippen LogP contribution is 2.31. The van der Waals surface area contributed by atoms with Crippen molar-refractivity contribution in [3.05, 3.63) is 40.5 Å². The molecule has 0 spiro atoms. The number of nitrogens with zero attached hydrogens (tertiary/aromatic N) is 2. The Balaban J connectivity index is 2.56. The predicted octanol–water partition coefficient (Wildman–Crippen LogP) is 4.41. The van der Waals surface area contributed by atoms with Gasteiger partial charge in [-0.1, -0.05) is 28.1 Å². The summed E-state index contributed by atoms with van der Waals surface area (Å²) in [4.78, 5) is 4.40. The molecule has 5 heteroatoms. The fraction of sp³-hybridized carbons (Fsp3) is 0.286. The molecule has 2 aromatic rings. The zero-order chi connectivity index (χ0) is 14.0. The molecular formula is C14H15BrN2OSi. The second-order valence-electron chi connectivity index (χ2n) is 5.28. The molecule has 0 bridgehead atoms. The molecule has 0 saturated heterocycles. The highest BCUT2D eigenvalue weighted by molar-refractivity contribution is 9.10. The molecule has 1 unspecified atom stereocenters. The lowest BCUT2D eigenvalue weighted by Crippen LogP contribution is -2.27. The van der Waals surface area contributed by atoms with Crippen molar-refractivity contribution in [2.45, 2.75) is 25.7 Å². The van der Waals surface area contributed by atoms with Crippen molar-refractivity contribution in [1.29, 1.82) is 5.26 Å². The topological polar surface area (TPSA) is 45.9 Å². The molecule has 0 aliphatic rings. The maximum Gasteiger partial charge on any atom is 0.186 e. The smallest absolute Gasteiger partial charge is 0.186 e. The minimum atomic E-state index is -1.79. The van der Waals surface area contributed by atoms with Crippen molar-refractivity contribution in [3.8, 4) is 6.07 Å². The molecule has 1 heterocycles. The van der Waals surface area contributed by atoms with Crippen LogP contribution in [-0.4, -0.2) is 13.3 Å². The van der Waals surface area contributed by atoms with Gasteiger partial charge >= 0.3 is 0 Å². The second-order valence-corrected chi connectivity index (χ2v) is 10.6. The lowest BCUT2D eigenvalue weighted by Gasteiger charge is -2.22. The maximum absolute atomic E-state index is 9.38. The number of hydrogen-bond acceptors (Lipinski definition) is 3. The van der Waals surface area contributed by atoms with Crippen molar-refractivity contribution in [3.63, 3.8) is 0 Å². The molecule has 19 heavy (non-hydrogen) atoms. The lowest BCUT2D eigenvalue weighted by atomic mass is 10.1. The van der Waals surface area contributed by atoms with E-state index in [0.29, 0.717) is 0 Å². The molecule has 2 rings (SSSR count). The minimum Gasteiger partial charge on any atom is -0.399 e. The standard InChI is InChI=1S/C14H15BrN2OSi/c1-19(2,3)18-13(9-16)11-6-7-12(15)10-5-4-8-17-14(10)11/h4-8,13H,1-3H3. The van der Waals surface area contributed by atoms with Crippen LogP contribution in [0.2, 0.25) is 19.6 Å². The molecule has 0 saturated carbocycles. The van der Waals surface area contributed by atoms with Gasteiger partial charge in [-0.25, -0.2) is 0 Å². The third-order valence-electron chi connectivity index (χ3n) is 2.62. The van der Waals surface area contributed by atoms with Gasteiger partial charge in [-0.15, -0.1) is 0 Å². The molecule has 1 atom stereocenters. The molecule has 98 valence electrons. The van der Waals surface area contributed by atoms with Gasteiger partial charge < -0.3 is 4.43 Å². The van der Waals surface area contributed by atoms with E-state index >= 15 is 0 Å². The van der Waals surface area contributed by atoms with E-state index in [1.807, 2.05) is 24.3 Å². The highest BCUT2D eigenvalue weighted by atomic mass is 79.9. The third kappa shape index (κ3) is 3.21. The fourth-order valence-corrected chi connectivity index (χ4v) is 3.22. The van der Waals surface area contributed by atoms with Crippen LogP contribution in [0.1, 0.15) is 11.7 Å². The molecule has 3 nitrogen and oxygen atoms in total. The summed E-state index contributed by atoms with van der Waals surface area (Å²) in [6.07, 6.45) is 1.18. The van der Waals surface area contributed by atoms with E-state index in [1.54, 1.807) is 6.20 Å². The first-order valence-electron chi connectivity index (χ1n) is 6.03. The van der Waals surface area contributed by atoms with Crippen molar-refractivity contribution in [2.75, 3.05) is 0 Å². The molecule has 0 fully saturated rings. The van der Waals surface area contributed by atoms with Gasteiger partial charge in [0, 0.05) is 21.6 Å². The van der Waals surface area contributed by atoms with Crippen LogP contribution in [0.5, 0.6) is 0 Å². The van der Waals surface area contributed by atoms with E-state index < -0.39 is 14.4 Å². The number of hydrogen-bond donors (Lipinski definition) is 0. The number of aromatic nitrogens is 1. The Morgan fingerprint density at radius 3 is 2.68 bits per heavy atom. The van der Waals surface area contributed by atoms with Crippen LogP contribution in [0.4, 0.5) is 0 Å². The van der Waals surface area contributed by atoms with E-state index in [0.717, 1.165) is 20.9 Å². The van der Waals surface area contributed by atoms with Gasteiger partial charge in [0.1, 0.15) is 0 Å². The minimum absolute atomic E-state index is 0.558. The average molecular weight is 335 g/mol. The molecule has 0 N–H and O–H groups in total. The number of fused-ring (bicyclic) bond motifs is 1. The van der Waals surface area contributed by atoms with Crippen molar-refractivity contribution in [2.24, 2.45) is 0 Å². The molecule has 1 aromatic carbocycles. The quantitative estimate of drug-likeness (QED) is 0.781. The van der Waals surface area contributed by atoms with E-state index in [2.05, 4.69) is 46.6 Å². The van der Waals surface area contributed by atoms with Crippen LogP contribution in [0.25, 0.3) is 10.9 Å². The molecule has 0 aliphatic heterocycles. The predicted molar refractivity (Wildman–Crippen MR) is 82.2 cm³/mol. The van der Waals surface area contributed by atoms with Gasteiger partial charge in [-0.05, 0) is 31.8 Å². The number of halogens is 1. The molecule has 0 aliphatic carbocycles. The van der Waals surface area contributed by atoms with Gasteiger partial charge in [-0.2, -0.15) is 5.26 Å². The van der Waals surface area contributed by atoms with Gasteiger partial charge in [0.15, 0.2) is 14.4 Å². The molecule has 0 amide bonds. The van der Waals surface area contributed by atoms with E-state index in [1.165, 1.54) is 0 Å². The molecule has 1 aromatic heterocycles. The van der Waals surface area contributed by atoms with Crippen LogP contribution in [0.15, 0.2) is 34.9 Å². The lowest BCUT2D eigenvalue weighted by molar-refractivity contribution is 0.256.